The molecule has 0 aliphatic rings. The lowest BCUT2D eigenvalue weighted by Gasteiger charge is -2.11. The second-order valence-corrected chi connectivity index (χ2v) is 5.84. The van der Waals surface area contributed by atoms with Crippen LogP contribution in [0.3, 0.4) is 0 Å². The van der Waals surface area contributed by atoms with Gasteiger partial charge in [0.25, 0.3) is 5.82 Å². The summed E-state index contributed by atoms with van der Waals surface area (Å²) in [7, 11) is 0. The molecule has 0 amide bonds. The van der Waals surface area contributed by atoms with Crippen LogP contribution in [-0.2, 0) is 12.7 Å². The number of aromatic nitrogens is 4. The number of rotatable bonds is 5. The smallest absolute Gasteiger partial charge is 0.453 e. The summed E-state index contributed by atoms with van der Waals surface area (Å²) in [5, 5.41) is 4.01. The van der Waals surface area contributed by atoms with Crippen molar-refractivity contribution in [2.45, 2.75) is 19.6 Å². The van der Waals surface area contributed by atoms with Gasteiger partial charge >= 0.3 is 6.18 Å². The van der Waals surface area contributed by atoms with E-state index in [1.165, 1.54) is 6.20 Å². The minimum absolute atomic E-state index is 0.0933. The van der Waals surface area contributed by atoms with E-state index in [4.69, 9.17) is 16.3 Å². The van der Waals surface area contributed by atoms with Crippen molar-refractivity contribution in [1.82, 2.24) is 19.7 Å². The third kappa shape index (κ3) is 4.13. The Balaban J connectivity index is 1.94. The van der Waals surface area contributed by atoms with E-state index in [0.717, 1.165) is 16.6 Å². The first-order valence-corrected chi connectivity index (χ1v) is 8.09. The van der Waals surface area contributed by atoms with E-state index in [-0.39, 0.29) is 6.54 Å². The van der Waals surface area contributed by atoms with E-state index in [9.17, 15) is 13.2 Å². The zero-order valence-electron chi connectivity index (χ0n) is 13.7. The standard InChI is InChI=1S/C17H14ClF3N4O/c1-2-26-15-14(12-4-3-5-13(18)7-12)6-11(8-22-15)9-25-10-23-16(24-25)17(19,20)21/h3-8,10H,2,9H2,1H3. The molecule has 0 bridgehead atoms. The predicted molar refractivity (Wildman–Crippen MR) is 90.0 cm³/mol. The zero-order chi connectivity index (χ0) is 18.7. The van der Waals surface area contributed by atoms with Gasteiger partial charge in [-0.25, -0.2) is 14.6 Å². The monoisotopic (exact) mass is 382 g/mol. The molecule has 0 saturated carbocycles. The van der Waals surface area contributed by atoms with Gasteiger partial charge in [-0.05, 0) is 36.2 Å². The van der Waals surface area contributed by atoms with Crippen molar-refractivity contribution in [1.29, 1.82) is 0 Å². The van der Waals surface area contributed by atoms with Crippen LogP contribution in [0.25, 0.3) is 11.1 Å². The molecule has 0 saturated heterocycles. The van der Waals surface area contributed by atoms with Crippen molar-refractivity contribution >= 4 is 11.6 Å². The molecule has 0 N–H and O–H groups in total. The minimum Gasteiger partial charge on any atom is -0.478 e. The van der Waals surface area contributed by atoms with Crippen LogP contribution >= 0.6 is 11.6 Å². The average molecular weight is 383 g/mol. The number of pyridine rings is 1. The third-order valence-corrected chi connectivity index (χ3v) is 3.69. The van der Waals surface area contributed by atoms with E-state index >= 15 is 0 Å². The summed E-state index contributed by atoms with van der Waals surface area (Å²) in [6.07, 6.45) is -2.00. The molecule has 1 aromatic carbocycles. The molecule has 0 fully saturated rings. The summed E-state index contributed by atoms with van der Waals surface area (Å²) in [5.41, 5.74) is 2.15. The number of benzene rings is 1. The van der Waals surface area contributed by atoms with Gasteiger partial charge in [0, 0.05) is 16.8 Å². The highest BCUT2D eigenvalue weighted by molar-refractivity contribution is 6.30. The van der Waals surface area contributed by atoms with Crippen LogP contribution in [0, 0.1) is 0 Å². The number of hydrogen-bond acceptors (Lipinski definition) is 4. The van der Waals surface area contributed by atoms with Crippen molar-refractivity contribution < 1.29 is 17.9 Å². The first-order valence-electron chi connectivity index (χ1n) is 7.71. The number of ether oxygens (including phenoxy) is 1. The van der Waals surface area contributed by atoms with Gasteiger partial charge in [0.05, 0.1) is 13.2 Å². The second kappa shape index (κ2) is 7.33. The van der Waals surface area contributed by atoms with Crippen LogP contribution in [0.1, 0.15) is 18.3 Å². The summed E-state index contributed by atoms with van der Waals surface area (Å²) < 4.78 is 44.5. The fourth-order valence-corrected chi connectivity index (χ4v) is 2.57. The SMILES string of the molecule is CCOc1ncc(Cn2cnc(C(F)(F)F)n2)cc1-c1cccc(Cl)c1. The average Bonchev–Trinajstić information content (AvgIpc) is 3.05. The maximum Gasteiger partial charge on any atom is 0.453 e. The highest BCUT2D eigenvalue weighted by atomic mass is 35.5. The van der Waals surface area contributed by atoms with Crippen molar-refractivity contribution in [2.75, 3.05) is 6.61 Å². The largest absolute Gasteiger partial charge is 0.478 e. The minimum atomic E-state index is -4.58. The summed E-state index contributed by atoms with van der Waals surface area (Å²) >= 11 is 6.05. The van der Waals surface area contributed by atoms with Crippen LogP contribution in [0.15, 0.2) is 42.9 Å². The third-order valence-electron chi connectivity index (χ3n) is 3.46. The Morgan fingerprint density at radius 2 is 2.00 bits per heavy atom. The molecule has 0 aliphatic carbocycles. The van der Waals surface area contributed by atoms with E-state index in [1.807, 2.05) is 13.0 Å². The first-order chi connectivity index (χ1) is 12.4. The van der Waals surface area contributed by atoms with Crippen LogP contribution < -0.4 is 4.74 Å². The van der Waals surface area contributed by atoms with Gasteiger partial charge in [-0.3, -0.25) is 0 Å². The molecule has 3 rings (SSSR count). The van der Waals surface area contributed by atoms with E-state index in [0.29, 0.717) is 28.6 Å². The molecular formula is C17H14ClF3N4O. The summed E-state index contributed by atoms with van der Waals surface area (Å²) in [6.45, 7) is 2.36. The Labute approximate surface area is 152 Å². The van der Waals surface area contributed by atoms with Crippen molar-refractivity contribution in [3.8, 4) is 17.0 Å². The fourth-order valence-electron chi connectivity index (χ4n) is 2.38. The topological polar surface area (TPSA) is 52.8 Å². The summed E-state index contributed by atoms with van der Waals surface area (Å²) in [4.78, 5) is 7.56. The number of halogens is 4. The zero-order valence-corrected chi connectivity index (χ0v) is 14.4. The van der Waals surface area contributed by atoms with Crippen molar-refractivity contribution in [2.24, 2.45) is 0 Å². The van der Waals surface area contributed by atoms with E-state index in [2.05, 4.69) is 15.1 Å². The summed E-state index contributed by atoms with van der Waals surface area (Å²) in [5.74, 6) is -0.750. The molecule has 2 aromatic heterocycles. The molecular weight excluding hydrogens is 369 g/mol. The Bertz CT molecular complexity index is 911. The van der Waals surface area contributed by atoms with E-state index < -0.39 is 12.0 Å². The van der Waals surface area contributed by atoms with Crippen LogP contribution in [-0.4, -0.2) is 26.4 Å². The first kappa shape index (κ1) is 18.2. The molecule has 0 unspecified atom stereocenters. The number of alkyl halides is 3. The molecule has 0 atom stereocenters. The fraction of sp³-hybridized carbons (Fsp3) is 0.235. The van der Waals surface area contributed by atoms with Gasteiger partial charge in [0.1, 0.15) is 6.33 Å². The van der Waals surface area contributed by atoms with Crippen molar-refractivity contribution in [3.05, 3.63) is 59.3 Å². The second-order valence-electron chi connectivity index (χ2n) is 5.40. The Hall–Kier alpha value is -2.61. The van der Waals surface area contributed by atoms with E-state index in [1.54, 1.807) is 24.3 Å². The van der Waals surface area contributed by atoms with Crippen LogP contribution in [0.5, 0.6) is 5.88 Å². The highest BCUT2D eigenvalue weighted by Crippen LogP contribution is 2.31. The molecule has 2 heterocycles. The molecule has 0 aliphatic heterocycles. The maximum absolute atomic E-state index is 12.6. The normalized spacial score (nSPS) is 11.6. The lowest BCUT2D eigenvalue weighted by atomic mass is 10.1. The lowest BCUT2D eigenvalue weighted by Crippen LogP contribution is -2.09. The number of hydrogen-bond donors (Lipinski definition) is 0. The summed E-state index contributed by atoms with van der Waals surface area (Å²) in [6, 6.07) is 8.96. The molecule has 136 valence electrons. The van der Waals surface area contributed by atoms with Crippen LogP contribution in [0.2, 0.25) is 5.02 Å². The quantitative estimate of drug-likeness (QED) is 0.653. The van der Waals surface area contributed by atoms with Crippen LogP contribution in [0.4, 0.5) is 13.2 Å². The Morgan fingerprint density at radius 3 is 2.65 bits per heavy atom. The van der Waals surface area contributed by atoms with Gasteiger partial charge in [-0.2, -0.15) is 13.2 Å². The van der Waals surface area contributed by atoms with Gasteiger partial charge in [-0.15, -0.1) is 5.10 Å². The molecule has 3 aromatic rings. The maximum atomic E-state index is 12.6. The lowest BCUT2D eigenvalue weighted by molar-refractivity contribution is -0.145. The van der Waals surface area contributed by atoms with Gasteiger partial charge in [0.2, 0.25) is 5.88 Å². The Morgan fingerprint density at radius 1 is 1.19 bits per heavy atom. The molecule has 5 nitrogen and oxygen atoms in total. The highest BCUT2D eigenvalue weighted by Gasteiger charge is 2.35. The molecule has 9 heteroatoms. The number of nitrogens with zero attached hydrogens (tertiary/aromatic N) is 4. The van der Waals surface area contributed by atoms with Gasteiger partial charge in [-0.1, -0.05) is 23.7 Å². The molecule has 0 radical (unpaired) electrons. The molecule has 0 spiro atoms. The van der Waals surface area contributed by atoms with Gasteiger partial charge in [0.15, 0.2) is 0 Å². The van der Waals surface area contributed by atoms with Gasteiger partial charge < -0.3 is 4.74 Å². The molecule has 26 heavy (non-hydrogen) atoms. The Kier molecular flexibility index (Phi) is 5.13. The van der Waals surface area contributed by atoms with Crippen molar-refractivity contribution in [3.63, 3.8) is 0 Å². The predicted octanol–water partition coefficient (Wildman–Crippen LogP) is 4.46.